The lowest BCUT2D eigenvalue weighted by molar-refractivity contribution is -0.118. The number of nitrogens with zero attached hydrogens (tertiary/aromatic N) is 2. The summed E-state index contributed by atoms with van der Waals surface area (Å²) in [5, 5.41) is 8.36. The molecule has 3 N–H and O–H groups in total. The van der Waals surface area contributed by atoms with E-state index < -0.39 is 0 Å². The number of urea groups is 1. The van der Waals surface area contributed by atoms with E-state index in [0.717, 1.165) is 0 Å². The van der Waals surface area contributed by atoms with Crippen molar-refractivity contribution in [2.75, 3.05) is 26.2 Å². The minimum atomic E-state index is -0.141. The molecule has 1 aliphatic heterocycles. The molecule has 24 heavy (non-hydrogen) atoms. The molecule has 0 atom stereocenters. The van der Waals surface area contributed by atoms with E-state index in [0.29, 0.717) is 44.6 Å². The van der Waals surface area contributed by atoms with Gasteiger partial charge in [0, 0.05) is 51.5 Å². The van der Waals surface area contributed by atoms with E-state index in [-0.39, 0.29) is 23.9 Å². The van der Waals surface area contributed by atoms with Crippen molar-refractivity contribution in [3.63, 3.8) is 0 Å². The summed E-state index contributed by atoms with van der Waals surface area (Å²) >= 11 is 0. The maximum absolute atomic E-state index is 12.1. The first-order chi connectivity index (χ1) is 11.6. The largest absolute Gasteiger partial charge is 0.355 e. The molecule has 8 heteroatoms. The van der Waals surface area contributed by atoms with Crippen molar-refractivity contribution in [2.24, 2.45) is 0 Å². The number of carbonyl (C=O) groups is 3. The van der Waals surface area contributed by atoms with Gasteiger partial charge < -0.3 is 20.9 Å². The van der Waals surface area contributed by atoms with Gasteiger partial charge in [0.05, 0.1) is 5.56 Å². The van der Waals surface area contributed by atoms with Gasteiger partial charge in [-0.05, 0) is 25.0 Å². The van der Waals surface area contributed by atoms with E-state index in [1.54, 1.807) is 23.2 Å². The fourth-order valence-electron chi connectivity index (χ4n) is 2.51. The van der Waals surface area contributed by atoms with Gasteiger partial charge in [0.2, 0.25) is 5.91 Å². The van der Waals surface area contributed by atoms with Crippen LogP contribution in [0.25, 0.3) is 0 Å². The Kier molecular flexibility index (Phi) is 6.53. The molecule has 1 fully saturated rings. The summed E-state index contributed by atoms with van der Waals surface area (Å²) in [7, 11) is 0. The zero-order valence-electron chi connectivity index (χ0n) is 13.7. The lowest BCUT2D eigenvalue weighted by Crippen LogP contribution is -2.50. The fourth-order valence-corrected chi connectivity index (χ4v) is 2.51. The summed E-state index contributed by atoms with van der Waals surface area (Å²) in [4.78, 5) is 40.5. The summed E-state index contributed by atoms with van der Waals surface area (Å²) in [5.74, 6) is -0.254. The van der Waals surface area contributed by atoms with Crippen molar-refractivity contribution in [1.82, 2.24) is 25.8 Å². The average molecular weight is 333 g/mol. The van der Waals surface area contributed by atoms with Crippen LogP contribution in [0.2, 0.25) is 0 Å². The van der Waals surface area contributed by atoms with Gasteiger partial charge >= 0.3 is 6.03 Å². The van der Waals surface area contributed by atoms with Gasteiger partial charge in [0.15, 0.2) is 0 Å². The first-order valence-corrected chi connectivity index (χ1v) is 8.04. The molecule has 0 radical (unpaired) electrons. The van der Waals surface area contributed by atoms with Crippen LogP contribution in [0.5, 0.6) is 0 Å². The molecule has 0 aromatic carbocycles. The van der Waals surface area contributed by atoms with E-state index in [2.05, 4.69) is 20.9 Å². The van der Waals surface area contributed by atoms with Crippen molar-refractivity contribution in [1.29, 1.82) is 0 Å². The molecule has 0 aliphatic carbocycles. The number of amides is 4. The molecule has 1 aliphatic rings. The van der Waals surface area contributed by atoms with E-state index in [1.807, 2.05) is 0 Å². The van der Waals surface area contributed by atoms with E-state index >= 15 is 0 Å². The maximum atomic E-state index is 12.1. The van der Waals surface area contributed by atoms with E-state index in [9.17, 15) is 14.4 Å². The molecular formula is C16H23N5O3. The Hall–Kier alpha value is -2.64. The highest BCUT2D eigenvalue weighted by Crippen LogP contribution is 2.11. The molecule has 1 saturated heterocycles. The second-order valence-corrected chi connectivity index (χ2v) is 5.69. The third-order valence-electron chi connectivity index (χ3n) is 3.82. The van der Waals surface area contributed by atoms with Crippen LogP contribution in [0.1, 0.15) is 30.1 Å². The normalized spacial score (nSPS) is 14.8. The molecule has 0 unspecified atom stereocenters. The third-order valence-corrected chi connectivity index (χ3v) is 3.82. The van der Waals surface area contributed by atoms with Crippen molar-refractivity contribution in [2.45, 2.75) is 25.8 Å². The van der Waals surface area contributed by atoms with Crippen molar-refractivity contribution in [3.05, 3.63) is 30.1 Å². The highest BCUT2D eigenvalue weighted by Gasteiger charge is 2.23. The molecule has 0 saturated carbocycles. The summed E-state index contributed by atoms with van der Waals surface area (Å²) in [5.41, 5.74) is 0.538. The zero-order chi connectivity index (χ0) is 17.4. The van der Waals surface area contributed by atoms with Gasteiger partial charge in [-0.15, -0.1) is 0 Å². The quantitative estimate of drug-likeness (QED) is 0.666. The molecule has 2 rings (SSSR count). The van der Waals surface area contributed by atoms with Crippen molar-refractivity contribution in [3.8, 4) is 0 Å². The second-order valence-electron chi connectivity index (χ2n) is 5.69. The predicted molar refractivity (Wildman–Crippen MR) is 88.4 cm³/mol. The Bertz CT molecular complexity index is 570. The standard InChI is InChI=1S/C16H23N5O3/c1-12(22)18-7-8-19-16(24)21-9-4-14(5-10-21)20-15(23)13-3-2-6-17-11-13/h2-3,6,11,14H,4-5,7-10H2,1H3,(H,18,22)(H,19,24)(H,20,23). The molecular weight excluding hydrogens is 310 g/mol. The van der Waals surface area contributed by atoms with Crippen molar-refractivity contribution >= 4 is 17.8 Å². The highest BCUT2D eigenvalue weighted by molar-refractivity contribution is 5.94. The predicted octanol–water partition coefficient (Wildman–Crippen LogP) is 0.122. The lowest BCUT2D eigenvalue weighted by Gasteiger charge is -2.32. The number of aromatic nitrogens is 1. The number of hydrogen-bond acceptors (Lipinski definition) is 4. The van der Waals surface area contributed by atoms with Crippen molar-refractivity contribution < 1.29 is 14.4 Å². The number of rotatable bonds is 5. The van der Waals surface area contributed by atoms with E-state index in [1.165, 1.54) is 13.1 Å². The minimum Gasteiger partial charge on any atom is -0.355 e. The topological polar surface area (TPSA) is 103 Å². The van der Waals surface area contributed by atoms with Gasteiger partial charge in [-0.25, -0.2) is 4.79 Å². The lowest BCUT2D eigenvalue weighted by atomic mass is 10.0. The SMILES string of the molecule is CC(=O)NCCNC(=O)N1CCC(NC(=O)c2cccnc2)CC1. The second kappa shape index (κ2) is 8.85. The van der Waals surface area contributed by atoms with Crippen LogP contribution in [0.15, 0.2) is 24.5 Å². The maximum Gasteiger partial charge on any atom is 0.317 e. The summed E-state index contributed by atoms with van der Waals surface area (Å²) in [6.07, 6.45) is 4.59. The van der Waals surface area contributed by atoms with Crippen LogP contribution < -0.4 is 16.0 Å². The molecule has 1 aromatic rings. The van der Waals surface area contributed by atoms with Crippen LogP contribution in [0.3, 0.4) is 0 Å². The molecule has 0 bridgehead atoms. The summed E-state index contributed by atoms with van der Waals surface area (Å²) in [6.45, 7) is 3.43. The Morgan fingerprint density at radius 2 is 1.92 bits per heavy atom. The van der Waals surface area contributed by atoms with Gasteiger partial charge in [-0.3, -0.25) is 14.6 Å². The zero-order valence-corrected chi connectivity index (χ0v) is 13.7. The summed E-state index contributed by atoms with van der Waals surface area (Å²) in [6, 6.07) is 3.36. The van der Waals surface area contributed by atoms with Crippen LogP contribution >= 0.6 is 0 Å². The van der Waals surface area contributed by atoms with Crippen LogP contribution in [-0.4, -0.2) is 60.0 Å². The van der Waals surface area contributed by atoms with Gasteiger partial charge in [0.1, 0.15) is 0 Å². The Morgan fingerprint density at radius 3 is 2.54 bits per heavy atom. The molecule has 130 valence electrons. The number of piperidine rings is 1. The first-order valence-electron chi connectivity index (χ1n) is 8.04. The van der Waals surface area contributed by atoms with Gasteiger partial charge in [-0.2, -0.15) is 0 Å². The molecule has 8 nitrogen and oxygen atoms in total. The molecule has 0 spiro atoms. The van der Waals surface area contributed by atoms with Crippen LogP contribution in [-0.2, 0) is 4.79 Å². The fraction of sp³-hybridized carbons (Fsp3) is 0.500. The van der Waals surface area contributed by atoms with Crippen LogP contribution in [0, 0.1) is 0 Å². The number of pyridine rings is 1. The number of hydrogen-bond donors (Lipinski definition) is 3. The third kappa shape index (κ3) is 5.53. The number of likely N-dealkylation sites (tertiary alicyclic amines) is 1. The van der Waals surface area contributed by atoms with Crippen LogP contribution in [0.4, 0.5) is 4.79 Å². The van der Waals surface area contributed by atoms with Gasteiger partial charge in [-0.1, -0.05) is 0 Å². The molecule has 1 aromatic heterocycles. The molecule has 2 heterocycles. The average Bonchev–Trinajstić information content (AvgIpc) is 2.59. The number of carbonyl (C=O) groups excluding carboxylic acids is 3. The first kappa shape index (κ1) is 17.7. The smallest absolute Gasteiger partial charge is 0.317 e. The summed E-state index contributed by atoms with van der Waals surface area (Å²) < 4.78 is 0. The Balaban J connectivity index is 1.68. The Labute approximate surface area is 141 Å². The van der Waals surface area contributed by atoms with E-state index in [4.69, 9.17) is 0 Å². The van der Waals surface area contributed by atoms with Gasteiger partial charge in [0.25, 0.3) is 5.91 Å². The Morgan fingerprint density at radius 1 is 1.21 bits per heavy atom. The highest BCUT2D eigenvalue weighted by atomic mass is 16.2. The monoisotopic (exact) mass is 333 g/mol. The number of nitrogens with one attached hydrogen (secondary N) is 3. The minimum absolute atomic E-state index is 0.0566. The molecule has 4 amide bonds.